The Labute approximate surface area is 197 Å². The summed E-state index contributed by atoms with van der Waals surface area (Å²) in [6.07, 6.45) is 3.00. The van der Waals surface area contributed by atoms with Gasteiger partial charge in [-0.05, 0) is 48.9 Å². The lowest BCUT2D eigenvalue weighted by Crippen LogP contribution is -2.13. The smallest absolute Gasteiger partial charge is 0.268 e. The lowest BCUT2D eigenvalue weighted by molar-refractivity contribution is -0.112. The summed E-state index contributed by atoms with van der Waals surface area (Å²) >= 11 is 2.63. The third-order valence-electron chi connectivity index (χ3n) is 4.23. The Morgan fingerprint density at radius 1 is 1.27 bits per heavy atom. The average Bonchev–Trinajstić information content (AvgIpc) is 3.57. The van der Waals surface area contributed by atoms with Crippen LogP contribution in [0.25, 0.3) is 6.08 Å². The molecule has 0 saturated heterocycles. The van der Waals surface area contributed by atoms with E-state index >= 15 is 0 Å². The molecule has 10 heteroatoms. The molecule has 0 spiro atoms. The summed E-state index contributed by atoms with van der Waals surface area (Å²) in [5, 5.41) is 21.5. The van der Waals surface area contributed by atoms with E-state index in [4.69, 9.17) is 13.6 Å². The van der Waals surface area contributed by atoms with Crippen LogP contribution >= 0.6 is 23.1 Å². The third kappa shape index (κ3) is 6.35. The zero-order valence-electron chi connectivity index (χ0n) is 17.5. The Hall–Kier alpha value is -3.81. The summed E-state index contributed by atoms with van der Waals surface area (Å²) in [6.45, 7) is 2.21. The minimum absolute atomic E-state index is 0.111. The lowest BCUT2D eigenvalue weighted by atomic mass is 10.2. The Morgan fingerprint density at radius 2 is 2.18 bits per heavy atom. The topological polar surface area (TPSA) is 114 Å². The maximum atomic E-state index is 12.5. The molecule has 0 saturated carbocycles. The van der Waals surface area contributed by atoms with Gasteiger partial charge >= 0.3 is 0 Å². The van der Waals surface area contributed by atoms with Crippen LogP contribution < -0.4 is 10.1 Å². The number of anilines is 1. The Bertz CT molecular complexity index is 1300. The van der Waals surface area contributed by atoms with Crippen molar-refractivity contribution in [2.45, 2.75) is 24.4 Å². The van der Waals surface area contributed by atoms with E-state index in [1.807, 2.05) is 49.4 Å². The van der Waals surface area contributed by atoms with Gasteiger partial charge in [-0.25, -0.2) is 0 Å². The fourth-order valence-corrected chi connectivity index (χ4v) is 4.11. The molecule has 1 N–H and O–H groups in total. The normalized spacial score (nSPS) is 11.2. The molecule has 1 aromatic carbocycles. The van der Waals surface area contributed by atoms with Crippen molar-refractivity contribution < 1.29 is 18.4 Å². The summed E-state index contributed by atoms with van der Waals surface area (Å²) in [5.41, 5.74) is 0.980. The first-order valence-electron chi connectivity index (χ1n) is 9.79. The van der Waals surface area contributed by atoms with E-state index in [2.05, 4.69) is 15.5 Å². The van der Waals surface area contributed by atoms with Crippen LogP contribution in [0.15, 0.2) is 74.3 Å². The highest BCUT2D eigenvalue weighted by Crippen LogP contribution is 2.26. The van der Waals surface area contributed by atoms with E-state index in [9.17, 15) is 10.1 Å². The minimum Gasteiger partial charge on any atom is -0.486 e. The average molecular weight is 479 g/mol. The van der Waals surface area contributed by atoms with Crippen molar-refractivity contribution >= 4 is 40.2 Å². The first-order chi connectivity index (χ1) is 16.1. The number of thioether (sulfide) groups is 1. The third-order valence-corrected chi connectivity index (χ3v) is 5.97. The fourth-order valence-electron chi connectivity index (χ4n) is 2.69. The molecule has 3 aromatic heterocycles. The molecular weight excluding hydrogens is 460 g/mol. The zero-order chi connectivity index (χ0) is 23.0. The van der Waals surface area contributed by atoms with Crippen LogP contribution in [0.5, 0.6) is 5.75 Å². The molecule has 1 amide bonds. The first kappa shape index (κ1) is 22.4. The summed E-state index contributed by atoms with van der Waals surface area (Å²) in [5.74, 6) is 1.97. The molecule has 4 rings (SSSR count). The highest BCUT2D eigenvalue weighted by atomic mass is 32.2. The number of rotatable bonds is 9. The largest absolute Gasteiger partial charge is 0.486 e. The van der Waals surface area contributed by atoms with Gasteiger partial charge in [-0.15, -0.1) is 10.2 Å². The van der Waals surface area contributed by atoms with Crippen LogP contribution in [-0.4, -0.2) is 16.1 Å². The molecule has 166 valence electrons. The summed E-state index contributed by atoms with van der Waals surface area (Å²) in [4.78, 5) is 12.5. The first-order valence-corrected chi connectivity index (χ1v) is 11.6. The molecule has 8 nitrogen and oxygen atoms in total. The number of carbonyl (C=O) groups is 1. The second-order valence-electron chi connectivity index (χ2n) is 6.75. The van der Waals surface area contributed by atoms with Crippen molar-refractivity contribution in [1.29, 1.82) is 5.26 Å². The van der Waals surface area contributed by atoms with Gasteiger partial charge in [0.05, 0.1) is 12.0 Å². The van der Waals surface area contributed by atoms with Crippen molar-refractivity contribution in [2.75, 3.05) is 5.32 Å². The second kappa shape index (κ2) is 10.7. The molecule has 0 aliphatic heterocycles. The molecule has 3 heterocycles. The highest BCUT2D eigenvalue weighted by Gasteiger charge is 2.14. The second-order valence-corrected chi connectivity index (χ2v) is 8.80. The quantitative estimate of drug-likeness (QED) is 0.192. The molecular formula is C23H18N4O4S2. The summed E-state index contributed by atoms with van der Waals surface area (Å²) in [7, 11) is 0. The molecule has 0 radical (unpaired) electrons. The van der Waals surface area contributed by atoms with Gasteiger partial charge < -0.3 is 13.6 Å². The van der Waals surface area contributed by atoms with Crippen molar-refractivity contribution in [1.82, 2.24) is 10.2 Å². The van der Waals surface area contributed by atoms with E-state index in [0.29, 0.717) is 21.6 Å². The van der Waals surface area contributed by atoms with E-state index in [1.165, 1.54) is 29.2 Å². The van der Waals surface area contributed by atoms with Gasteiger partial charge in [0.15, 0.2) is 10.1 Å². The van der Waals surface area contributed by atoms with Crippen molar-refractivity contribution in [2.24, 2.45) is 0 Å². The Morgan fingerprint density at radius 3 is 2.97 bits per heavy atom. The maximum Gasteiger partial charge on any atom is 0.268 e. The van der Waals surface area contributed by atoms with Gasteiger partial charge in [-0.3, -0.25) is 10.1 Å². The minimum atomic E-state index is -0.596. The summed E-state index contributed by atoms with van der Waals surface area (Å²) in [6, 6.07) is 16.7. The Kier molecular flexibility index (Phi) is 7.24. The zero-order valence-corrected chi connectivity index (χ0v) is 19.1. The van der Waals surface area contributed by atoms with E-state index in [-0.39, 0.29) is 17.3 Å². The van der Waals surface area contributed by atoms with E-state index in [0.717, 1.165) is 17.1 Å². The van der Waals surface area contributed by atoms with Crippen LogP contribution in [0.1, 0.15) is 22.1 Å². The molecule has 0 atom stereocenters. The summed E-state index contributed by atoms with van der Waals surface area (Å²) < 4.78 is 16.7. The monoisotopic (exact) mass is 478 g/mol. The molecule has 0 bridgehead atoms. The van der Waals surface area contributed by atoms with E-state index in [1.54, 1.807) is 18.4 Å². The van der Waals surface area contributed by atoms with Gasteiger partial charge in [0, 0.05) is 6.08 Å². The number of amides is 1. The Balaban J connectivity index is 1.33. The number of nitrogens with one attached hydrogen (secondary N) is 1. The fraction of sp³-hybridized carbons (Fsp3) is 0.130. The molecule has 33 heavy (non-hydrogen) atoms. The highest BCUT2D eigenvalue weighted by molar-refractivity contribution is 7.98. The molecule has 0 aliphatic rings. The van der Waals surface area contributed by atoms with E-state index < -0.39 is 5.91 Å². The van der Waals surface area contributed by atoms with Crippen LogP contribution in [0.3, 0.4) is 0 Å². The van der Waals surface area contributed by atoms with Gasteiger partial charge in [-0.1, -0.05) is 35.2 Å². The van der Waals surface area contributed by atoms with Crippen molar-refractivity contribution in [3.8, 4) is 11.8 Å². The molecule has 0 aliphatic carbocycles. The number of furan rings is 2. The van der Waals surface area contributed by atoms with Crippen molar-refractivity contribution in [3.63, 3.8) is 0 Å². The molecule has 0 fully saturated rings. The lowest BCUT2D eigenvalue weighted by Gasteiger charge is -2.03. The number of hydrogen-bond acceptors (Lipinski definition) is 9. The maximum absolute atomic E-state index is 12.5. The number of ether oxygens (including phenoxy) is 1. The van der Waals surface area contributed by atoms with Crippen LogP contribution in [0.4, 0.5) is 5.13 Å². The van der Waals surface area contributed by atoms with Gasteiger partial charge in [-0.2, -0.15) is 5.26 Å². The molecule has 4 aromatic rings. The van der Waals surface area contributed by atoms with Crippen LogP contribution in [0.2, 0.25) is 0 Å². The van der Waals surface area contributed by atoms with Crippen molar-refractivity contribution in [3.05, 3.63) is 82.5 Å². The van der Waals surface area contributed by atoms with Crippen LogP contribution in [0, 0.1) is 18.3 Å². The number of aryl methyl sites for hydroxylation is 1. The number of carbonyl (C=O) groups excluding carboxylic acids is 1. The number of aromatic nitrogens is 2. The number of nitriles is 1. The standard InChI is InChI=1S/C23H18N4O4S2/c1-15-4-2-5-17(10-15)30-13-20-26-27-23(33-20)25-22(28)16(12-24)11-18-7-8-21(31-18)32-14-19-6-3-9-29-19/h2-11H,13-14H2,1H3,(H,25,27,28)/b16-11-. The predicted octanol–water partition coefficient (Wildman–Crippen LogP) is 5.45. The van der Waals surface area contributed by atoms with Gasteiger partial charge in [0.2, 0.25) is 5.13 Å². The number of benzene rings is 1. The molecule has 0 unspecified atom stereocenters. The number of nitrogens with zero attached hydrogens (tertiary/aromatic N) is 3. The van der Waals surface area contributed by atoms with Crippen LogP contribution in [-0.2, 0) is 17.2 Å². The number of hydrogen-bond donors (Lipinski definition) is 1. The SMILES string of the molecule is Cc1cccc(OCc2nnc(NC(=O)/C(C#N)=C\c3ccc(SCc4ccco4)o3)s2)c1. The van der Waals surface area contributed by atoms with Gasteiger partial charge in [0.25, 0.3) is 5.91 Å². The van der Waals surface area contributed by atoms with Gasteiger partial charge in [0.1, 0.15) is 35.5 Å². The predicted molar refractivity (Wildman–Crippen MR) is 125 cm³/mol.